The molecule has 29 heavy (non-hydrogen) atoms. The maximum absolute atomic E-state index is 13.2. The summed E-state index contributed by atoms with van der Waals surface area (Å²) in [5.74, 6) is 0.763. The summed E-state index contributed by atoms with van der Waals surface area (Å²) in [7, 11) is 0. The fourth-order valence-electron chi connectivity index (χ4n) is 4.32. The van der Waals surface area contributed by atoms with E-state index < -0.39 is 0 Å². The molecule has 156 valence electrons. The Morgan fingerprint density at radius 2 is 1.86 bits per heavy atom. The Balaban J connectivity index is 1.54. The molecule has 2 fully saturated rings. The molecule has 7 nitrogen and oxygen atoms in total. The zero-order valence-corrected chi connectivity index (χ0v) is 18.0. The van der Waals surface area contributed by atoms with Crippen molar-refractivity contribution in [2.45, 2.75) is 46.0 Å². The largest absolute Gasteiger partial charge is 0.466 e. The van der Waals surface area contributed by atoms with Gasteiger partial charge >= 0.3 is 5.97 Å². The summed E-state index contributed by atoms with van der Waals surface area (Å²) in [4.78, 5) is 40.0. The fourth-order valence-corrected chi connectivity index (χ4v) is 5.44. The van der Waals surface area contributed by atoms with Crippen LogP contribution in [0.1, 0.15) is 54.3 Å². The Morgan fingerprint density at radius 3 is 2.55 bits per heavy atom. The molecule has 2 aliphatic heterocycles. The Hall–Kier alpha value is -2.22. The topological polar surface area (TPSA) is 75.6 Å². The number of hydrogen-bond donors (Lipinski definition) is 0. The number of nitrogens with zero attached hydrogens (tertiary/aromatic N) is 4. The molecule has 0 aromatic carbocycles. The van der Waals surface area contributed by atoms with Crippen molar-refractivity contribution >= 4 is 39.2 Å². The summed E-state index contributed by atoms with van der Waals surface area (Å²) in [6.07, 6.45) is 6.55. The molecule has 0 N–H and O–H groups in total. The third kappa shape index (κ3) is 3.95. The first-order valence-corrected chi connectivity index (χ1v) is 11.4. The molecule has 0 atom stereocenters. The SMILES string of the molecule is CCOC(=O)C1CCN(C(=O)c2sc3ncnc(N4CCCCC4)c3c2C)CC1. The summed E-state index contributed by atoms with van der Waals surface area (Å²) in [5.41, 5.74) is 0.976. The summed E-state index contributed by atoms with van der Waals surface area (Å²) < 4.78 is 5.13. The van der Waals surface area contributed by atoms with Crippen LogP contribution in [0.4, 0.5) is 5.82 Å². The average Bonchev–Trinajstić information content (AvgIpc) is 3.11. The van der Waals surface area contributed by atoms with Crippen molar-refractivity contribution in [2.24, 2.45) is 5.92 Å². The molecule has 0 aliphatic carbocycles. The second kappa shape index (κ2) is 8.65. The molecular weight excluding hydrogens is 388 g/mol. The molecule has 4 heterocycles. The van der Waals surface area contributed by atoms with E-state index in [1.807, 2.05) is 18.7 Å². The van der Waals surface area contributed by atoms with Crippen molar-refractivity contribution in [3.8, 4) is 0 Å². The quantitative estimate of drug-likeness (QED) is 0.711. The van der Waals surface area contributed by atoms with E-state index in [4.69, 9.17) is 4.74 Å². The molecule has 0 bridgehead atoms. The summed E-state index contributed by atoms with van der Waals surface area (Å²) >= 11 is 1.46. The van der Waals surface area contributed by atoms with Crippen LogP contribution in [0.25, 0.3) is 10.2 Å². The molecule has 1 amide bonds. The molecule has 2 aliphatic rings. The highest BCUT2D eigenvalue weighted by Gasteiger charge is 2.31. The first kappa shape index (κ1) is 20.1. The molecule has 4 rings (SSSR count). The first-order chi connectivity index (χ1) is 14.1. The van der Waals surface area contributed by atoms with Crippen molar-refractivity contribution in [2.75, 3.05) is 37.7 Å². The molecule has 0 saturated carbocycles. The Kier molecular flexibility index (Phi) is 5.99. The number of esters is 1. The van der Waals surface area contributed by atoms with Gasteiger partial charge in [0.15, 0.2) is 0 Å². The minimum absolute atomic E-state index is 0.0393. The minimum Gasteiger partial charge on any atom is -0.466 e. The van der Waals surface area contributed by atoms with Crippen LogP contribution in [0, 0.1) is 12.8 Å². The zero-order valence-electron chi connectivity index (χ0n) is 17.1. The molecule has 2 saturated heterocycles. The smallest absolute Gasteiger partial charge is 0.309 e. The van der Waals surface area contributed by atoms with Gasteiger partial charge in [0.1, 0.15) is 17.0 Å². The number of amides is 1. The molecule has 0 spiro atoms. The van der Waals surface area contributed by atoms with Gasteiger partial charge in [0.2, 0.25) is 0 Å². The van der Waals surface area contributed by atoms with Gasteiger partial charge < -0.3 is 14.5 Å². The predicted octanol–water partition coefficient (Wildman–Crippen LogP) is 3.41. The van der Waals surface area contributed by atoms with E-state index in [2.05, 4.69) is 14.9 Å². The molecule has 0 unspecified atom stereocenters. The van der Waals surface area contributed by atoms with Crippen molar-refractivity contribution < 1.29 is 14.3 Å². The van der Waals surface area contributed by atoms with Gasteiger partial charge in [0.05, 0.1) is 22.8 Å². The van der Waals surface area contributed by atoms with Crippen LogP contribution in [0.15, 0.2) is 6.33 Å². The predicted molar refractivity (Wildman–Crippen MR) is 113 cm³/mol. The third-order valence-corrected chi connectivity index (χ3v) is 7.15. The van der Waals surface area contributed by atoms with Crippen LogP contribution in [0.3, 0.4) is 0 Å². The lowest BCUT2D eigenvalue weighted by atomic mass is 9.97. The van der Waals surface area contributed by atoms with Gasteiger partial charge in [-0.15, -0.1) is 11.3 Å². The maximum Gasteiger partial charge on any atom is 0.309 e. The summed E-state index contributed by atoms with van der Waals surface area (Å²) in [5, 5.41) is 1.02. The van der Waals surface area contributed by atoms with E-state index in [0.29, 0.717) is 32.5 Å². The van der Waals surface area contributed by atoms with Crippen LogP contribution in [-0.4, -0.2) is 59.5 Å². The zero-order chi connectivity index (χ0) is 20.4. The number of anilines is 1. The van der Waals surface area contributed by atoms with Gasteiger partial charge in [0, 0.05) is 26.2 Å². The molecule has 2 aromatic rings. The Labute approximate surface area is 175 Å². The number of likely N-dealkylation sites (tertiary alicyclic amines) is 1. The van der Waals surface area contributed by atoms with E-state index in [-0.39, 0.29) is 17.8 Å². The van der Waals surface area contributed by atoms with E-state index in [0.717, 1.165) is 39.6 Å². The lowest BCUT2D eigenvalue weighted by Crippen LogP contribution is -2.40. The van der Waals surface area contributed by atoms with Crippen molar-refractivity contribution in [3.63, 3.8) is 0 Å². The number of carbonyl (C=O) groups is 2. The number of thiophene rings is 1. The molecule has 0 radical (unpaired) electrons. The minimum atomic E-state index is -0.140. The van der Waals surface area contributed by atoms with E-state index >= 15 is 0 Å². The monoisotopic (exact) mass is 416 g/mol. The van der Waals surface area contributed by atoms with E-state index in [1.54, 1.807) is 6.33 Å². The molecular formula is C21H28N4O3S. The normalized spacial score (nSPS) is 18.3. The number of hydrogen-bond acceptors (Lipinski definition) is 7. The van der Waals surface area contributed by atoms with Crippen LogP contribution >= 0.6 is 11.3 Å². The highest BCUT2D eigenvalue weighted by Crippen LogP contribution is 2.36. The highest BCUT2D eigenvalue weighted by molar-refractivity contribution is 7.20. The number of carbonyl (C=O) groups excluding carboxylic acids is 2. The third-order valence-electron chi connectivity index (χ3n) is 5.96. The van der Waals surface area contributed by atoms with Gasteiger partial charge in [0.25, 0.3) is 5.91 Å². The highest BCUT2D eigenvalue weighted by atomic mass is 32.1. The van der Waals surface area contributed by atoms with Gasteiger partial charge in [-0.25, -0.2) is 9.97 Å². The lowest BCUT2D eigenvalue weighted by Gasteiger charge is -2.30. The van der Waals surface area contributed by atoms with Crippen molar-refractivity contribution in [1.82, 2.24) is 14.9 Å². The fraction of sp³-hybridized carbons (Fsp3) is 0.619. The molecule has 8 heteroatoms. The number of aryl methyl sites for hydroxylation is 1. The lowest BCUT2D eigenvalue weighted by molar-refractivity contribution is -0.149. The average molecular weight is 417 g/mol. The van der Waals surface area contributed by atoms with E-state index in [1.165, 1.54) is 30.6 Å². The standard InChI is InChI=1S/C21H28N4O3S/c1-3-28-21(27)15-7-11-25(12-8-15)20(26)17-14(2)16-18(22-13-23-19(16)29-17)24-9-5-4-6-10-24/h13,15H,3-12H2,1-2H3. The van der Waals surface area contributed by atoms with E-state index in [9.17, 15) is 9.59 Å². The van der Waals surface area contributed by atoms with Crippen molar-refractivity contribution in [1.29, 1.82) is 0 Å². The number of fused-ring (bicyclic) bond motifs is 1. The van der Waals surface area contributed by atoms with Gasteiger partial charge in [-0.1, -0.05) is 0 Å². The van der Waals surface area contributed by atoms with Gasteiger partial charge in [-0.3, -0.25) is 9.59 Å². The Bertz CT molecular complexity index is 899. The number of piperidine rings is 2. The van der Waals surface area contributed by atoms with Gasteiger partial charge in [-0.2, -0.15) is 0 Å². The summed E-state index contributed by atoms with van der Waals surface area (Å²) in [6.45, 7) is 7.41. The van der Waals surface area contributed by atoms with Crippen LogP contribution in [0.5, 0.6) is 0 Å². The van der Waals surface area contributed by atoms with Gasteiger partial charge in [-0.05, 0) is 51.5 Å². The summed E-state index contributed by atoms with van der Waals surface area (Å²) in [6, 6.07) is 0. The number of rotatable bonds is 4. The van der Waals surface area contributed by atoms with Crippen LogP contribution < -0.4 is 4.90 Å². The first-order valence-electron chi connectivity index (χ1n) is 10.5. The second-order valence-electron chi connectivity index (χ2n) is 7.80. The van der Waals surface area contributed by atoms with Crippen LogP contribution in [0.2, 0.25) is 0 Å². The van der Waals surface area contributed by atoms with Crippen LogP contribution in [-0.2, 0) is 9.53 Å². The molecule has 2 aromatic heterocycles. The van der Waals surface area contributed by atoms with Crippen molar-refractivity contribution in [3.05, 3.63) is 16.8 Å². The second-order valence-corrected chi connectivity index (χ2v) is 8.80. The maximum atomic E-state index is 13.2. The number of aromatic nitrogens is 2. The number of ether oxygens (including phenoxy) is 1. The Morgan fingerprint density at radius 1 is 1.14 bits per heavy atom.